The number of benzene rings is 1. The normalized spacial score (nSPS) is 23.7. The smallest absolute Gasteiger partial charge is 0.307 e. The average Bonchev–Trinajstić information content (AvgIpc) is 2.94. The summed E-state index contributed by atoms with van der Waals surface area (Å²) in [7, 11) is -2.36. The van der Waals surface area contributed by atoms with Gasteiger partial charge < -0.3 is 9.47 Å². The van der Waals surface area contributed by atoms with E-state index in [9.17, 15) is 13.2 Å². The number of rotatable bonds is 4. The van der Waals surface area contributed by atoms with E-state index >= 15 is 0 Å². The molecule has 2 aliphatic rings. The maximum Gasteiger partial charge on any atom is 0.307 e. The van der Waals surface area contributed by atoms with Gasteiger partial charge in [0.2, 0.25) is 10.0 Å². The molecule has 25 heavy (non-hydrogen) atoms. The van der Waals surface area contributed by atoms with E-state index in [2.05, 4.69) is 0 Å². The molecule has 0 N–H and O–H groups in total. The second-order valence-corrected chi connectivity index (χ2v) is 8.74. The molecule has 0 aromatic heterocycles. The highest BCUT2D eigenvalue weighted by atomic mass is 32.2. The molecule has 1 unspecified atom stereocenters. The monoisotopic (exact) mass is 367 g/mol. The SMILES string of the molecule is COC(=O)CC1CCC2(CCOCC2)N1S(=O)(=O)c1ccc(C)cc1. The van der Waals surface area contributed by atoms with Crippen LogP contribution in [-0.2, 0) is 24.3 Å². The van der Waals surface area contributed by atoms with Crippen molar-refractivity contribution in [3.63, 3.8) is 0 Å². The van der Waals surface area contributed by atoms with Gasteiger partial charge in [0, 0.05) is 24.8 Å². The summed E-state index contributed by atoms with van der Waals surface area (Å²) in [6.45, 7) is 3.02. The van der Waals surface area contributed by atoms with Crippen LogP contribution >= 0.6 is 0 Å². The molecule has 2 aliphatic heterocycles. The van der Waals surface area contributed by atoms with Gasteiger partial charge >= 0.3 is 5.97 Å². The zero-order valence-electron chi connectivity index (χ0n) is 14.7. The van der Waals surface area contributed by atoms with E-state index in [4.69, 9.17) is 9.47 Å². The first-order valence-electron chi connectivity index (χ1n) is 8.65. The van der Waals surface area contributed by atoms with Gasteiger partial charge in [-0.15, -0.1) is 0 Å². The summed E-state index contributed by atoms with van der Waals surface area (Å²) in [5.74, 6) is -0.377. The molecule has 3 rings (SSSR count). The maximum absolute atomic E-state index is 13.4. The second kappa shape index (κ2) is 7.05. The van der Waals surface area contributed by atoms with Gasteiger partial charge in [0.25, 0.3) is 0 Å². The Morgan fingerprint density at radius 2 is 1.88 bits per heavy atom. The highest BCUT2D eigenvalue weighted by Crippen LogP contribution is 2.45. The van der Waals surface area contributed by atoms with E-state index in [0.717, 1.165) is 12.0 Å². The fourth-order valence-corrected chi connectivity index (χ4v) is 6.07. The molecule has 138 valence electrons. The molecule has 0 amide bonds. The largest absolute Gasteiger partial charge is 0.469 e. The molecule has 1 spiro atoms. The predicted octanol–water partition coefficient (Wildman–Crippen LogP) is 2.26. The molecule has 0 bridgehead atoms. The Kier molecular flexibility index (Phi) is 5.18. The maximum atomic E-state index is 13.4. The summed E-state index contributed by atoms with van der Waals surface area (Å²) in [6, 6.07) is 6.53. The van der Waals surface area contributed by atoms with Crippen molar-refractivity contribution in [2.75, 3.05) is 20.3 Å². The molecule has 2 saturated heterocycles. The summed E-state index contributed by atoms with van der Waals surface area (Å²) >= 11 is 0. The van der Waals surface area contributed by atoms with Crippen LogP contribution in [-0.4, -0.2) is 50.6 Å². The molecule has 2 fully saturated rings. The van der Waals surface area contributed by atoms with Crippen LogP contribution in [0, 0.1) is 6.92 Å². The van der Waals surface area contributed by atoms with Crippen LogP contribution in [0.5, 0.6) is 0 Å². The highest BCUT2D eigenvalue weighted by Gasteiger charge is 2.53. The number of methoxy groups -OCH3 is 1. The van der Waals surface area contributed by atoms with Gasteiger partial charge in [-0.3, -0.25) is 4.79 Å². The number of carbonyl (C=O) groups is 1. The summed E-state index contributed by atoms with van der Waals surface area (Å²) in [5.41, 5.74) is 0.549. The Bertz CT molecular complexity index is 722. The first-order valence-corrected chi connectivity index (χ1v) is 10.1. The lowest BCUT2D eigenvalue weighted by molar-refractivity contribution is -0.141. The van der Waals surface area contributed by atoms with Crippen molar-refractivity contribution in [3.05, 3.63) is 29.8 Å². The standard InChI is InChI=1S/C18H25NO5S/c1-14-3-5-16(6-4-14)25(21,22)19-15(13-17(20)23-2)7-8-18(19)9-11-24-12-10-18/h3-6,15H,7-13H2,1-2H3. The van der Waals surface area contributed by atoms with Crippen LogP contribution in [0.25, 0.3) is 0 Å². The van der Waals surface area contributed by atoms with Gasteiger partial charge in [-0.05, 0) is 44.7 Å². The van der Waals surface area contributed by atoms with Crippen molar-refractivity contribution in [1.82, 2.24) is 4.31 Å². The molecule has 0 radical (unpaired) electrons. The average molecular weight is 367 g/mol. The van der Waals surface area contributed by atoms with Crippen LogP contribution < -0.4 is 0 Å². The number of hydrogen-bond acceptors (Lipinski definition) is 5. The molecule has 0 saturated carbocycles. The minimum absolute atomic E-state index is 0.0875. The van der Waals surface area contributed by atoms with E-state index in [1.165, 1.54) is 7.11 Å². The molecule has 6 nitrogen and oxygen atoms in total. The highest BCUT2D eigenvalue weighted by molar-refractivity contribution is 7.89. The third-order valence-corrected chi connectivity index (χ3v) is 7.44. The molecular formula is C18H25NO5S. The van der Waals surface area contributed by atoms with E-state index in [-0.39, 0.29) is 23.3 Å². The van der Waals surface area contributed by atoms with Crippen LogP contribution in [0.1, 0.15) is 37.7 Å². The van der Waals surface area contributed by atoms with Crippen LogP contribution in [0.15, 0.2) is 29.2 Å². The topological polar surface area (TPSA) is 72.9 Å². The molecule has 1 atom stereocenters. The van der Waals surface area contributed by atoms with Crippen LogP contribution in [0.3, 0.4) is 0 Å². The lowest BCUT2D eigenvalue weighted by Gasteiger charge is -2.42. The molecule has 1 aromatic carbocycles. The number of sulfonamides is 1. The van der Waals surface area contributed by atoms with E-state index in [1.807, 2.05) is 6.92 Å². The summed E-state index contributed by atoms with van der Waals surface area (Å²) in [5, 5.41) is 0. The Morgan fingerprint density at radius 3 is 2.48 bits per heavy atom. The minimum atomic E-state index is -3.70. The second-order valence-electron chi connectivity index (χ2n) is 6.92. The fraction of sp³-hybridized carbons (Fsp3) is 0.611. The van der Waals surface area contributed by atoms with Gasteiger partial charge in [0.15, 0.2) is 0 Å². The van der Waals surface area contributed by atoms with Gasteiger partial charge in [0.1, 0.15) is 0 Å². The first-order chi connectivity index (χ1) is 11.9. The van der Waals surface area contributed by atoms with Crippen molar-refractivity contribution < 1.29 is 22.7 Å². The zero-order valence-corrected chi connectivity index (χ0v) is 15.5. The number of esters is 1. The Morgan fingerprint density at radius 1 is 1.24 bits per heavy atom. The van der Waals surface area contributed by atoms with Crippen molar-refractivity contribution >= 4 is 16.0 Å². The number of aryl methyl sites for hydroxylation is 1. The van der Waals surface area contributed by atoms with Crippen molar-refractivity contribution in [3.8, 4) is 0 Å². The van der Waals surface area contributed by atoms with E-state index in [0.29, 0.717) is 32.5 Å². The molecular weight excluding hydrogens is 342 g/mol. The molecule has 0 aliphatic carbocycles. The van der Waals surface area contributed by atoms with Crippen molar-refractivity contribution in [2.24, 2.45) is 0 Å². The van der Waals surface area contributed by atoms with Gasteiger partial charge in [-0.2, -0.15) is 4.31 Å². The Labute approximate surface area is 149 Å². The van der Waals surface area contributed by atoms with Gasteiger partial charge in [0.05, 0.1) is 18.4 Å². The Hall–Kier alpha value is -1.44. The van der Waals surface area contributed by atoms with Crippen molar-refractivity contribution in [1.29, 1.82) is 0 Å². The van der Waals surface area contributed by atoms with E-state index in [1.54, 1.807) is 28.6 Å². The van der Waals surface area contributed by atoms with Crippen LogP contribution in [0.2, 0.25) is 0 Å². The fourth-order valence-electron chi connectivity index (χ4n) is 4.01. The lowest BCUT2D eigenvalue weighted by Crippen LogP contribution is -2.53. The van der Waals surface area contributed by atoms with E-state index < -0.39 is 15.6 Å². The number of nitrogens with zero attached hydrogens (tertiary/aromatic N) is 1. The molecule has 2 heterocycles. The van der Waals surface area contributed by atoms with Crippen LogP contribution in [0.4, 0.5) is 0 Å². The Balaban J connectivity index is 2.00. The van der Waals surface area contributed by atoms with Crippen molar-refractivity contribution in [2.45, 2.75) is 55.5 Å². The van der Waals surface area contributed by atoms with Gasteiger partial charge in [-0.25, -0.2) is 8.42 Å². The number of carbonyl (C=O) groups excluding carboxylic acids is 1. The van der Waals surface area contributed by atoms with Gasteiger partial charge in [-0.1, -0.05) is 17.7 Å². The zero-order chi connectivity index (χ0) is 18.1. The summed E-state index contributed by atoms with van der Waals surface area (Å²) in [6.07, 6.45) is 2.83. The summed E-state index contributed by atoms with van der Waals surface area (Å²) in [4.78, 5) is 12.1. The summed E-state index contributed by atoms with van der Waals surface area (Å²) < 4.78 is 38.7. The third-order valence-electron chi connectivity index (χ3n) is 5.37. The number of ether oxygens (including phenoxy) is 2. The predicted molar refractivity (Wildman–Crippen MR) is 92.6 cm³/mol. The number of hydrogen-bond donors (Lipinski definition) is 0. The molecule has 1 aromatic rings. The lowest BCUT2D eigenvalue weighted by atomic mass is 9.89. The quantitative estimate of drug-likeness (QED) is 0.763. The molecule has 7 heteroatoms. The first kappa shape index (κ1) is 18.4. The third kappa shape index (κ3) is 3.45. The minimum Gasteiger partial charge on any atom is -0.469 e.